The molecule has 0 bridgehead atoms. The van der Waals surface area contributed by atoms with Crippen LogP contribution in [0.5, 0.6) is 0 Å². The van der Waals surface area contributed by atoms with Crippen molar-refractivity contribution in [1.29, 1.82) is 0 Å². The van der Waals surface area contributed by atoms with Crippen LogP contribution in [0.15, 0.2) is 229 Å². The molecule has 16 heteroatoms. The molecule has 0 radical (unpaired) electrons. The number of aryl methyl sites for hydroxylation is 4. The number of azide groups is 2. The molecule has 10 rings (SSSR count). The van der Waals surface area contributed by atoms with E-state index in [-0.39, 0.29) is 33.9 Å². The summed E-state index contributed by atoms with van der Waals surface area (Å²) in [6.45, 7) is 24.5. The highest BCUT2D eigenvalue weighted by atomic mass is 35.5. The lowest BCUT2D eigenvalue weighted by molar-refractivity contribution is -0.139. The molecule has 2 aliphatic rings. The monoisotopic (exact) mass is 1240 g/mol. The molecule has 0 saturated carbocycles. The highest BCUT2D eigenvalue weighted by Crippen LogP contribution is 2.56. The van der Waals surface area contributed by atoms with Gasteiger partial charge in [-0.05, 0) is 225 Å². The highest BCUT2D eigenvalue weighted by molar-refractivity contribution is 6.67. The Labute approximate surface area is 539 Å². The zero-order chi connectivity index (χ0) is 65.1. The quantitative estimate of drug-likeness (QED) is 0.0141. The van der Waals surface area contributed by atoms with Crippen LogP contribution < -0.4 is 9.80 Å². The van der Waals surface area contributed by atoms with Crippen molar-refractivity contribution in [3.63, 3.8) is 0 Å². The van der Waals surface area contributed by atoms with Gasteiger partial charge < -0.3 is 29.5 Å². The van der Waals surface area contributed by atoms with Crippen molar-refractivity contribution in [2.24, 2.45) is 10.4 Å². The molecule has 0 saturated heterocycles. The molecule has 0 spiro atoms. The summed E-state index contributed by atoms with van der Waals surface area (Å²) >= 11 is 4.87. The van der Waals surface area contributed by atoms with Crippen LogP contribution in [0.2, 0.25) is 0 Å². The van der Waals surface area contributed by atoms with Crippen LogP contribution >= 0.6 is 11.6 Å². The first-order valence-electron chi connectivity index (χ1n) is 29.4. The molecule has 468 valence electrons. The van der Waals surface area contributed by atoms with Crippen LogP contribution in [-0.4, -0.2) is 53.8 Å². The molecule has 2 aliphatic carbocycles. The topological polar surface area (TPSA) is 214 Å². The number of aliphatic hydroxyl groups is 2. The Balaban J connectivity index is 0.000000248. The molecule has 0 fully saturated rings. The van der Waals surface area contributed by atoms with Gasteiger partial charge in [-0.1, -0.05) is 142 Å². The number of nitrogens with zero attached hydrogens (tertiary/aromatic N) is 8. The fourth-order valence-corrected chi connectivity index (χ4v) is 11.8. The third kappa shape index (κ3) is 16.7. The van der Waals surface area contributed by atoms with E-state index in [1.807, 2.05) is 12.1 Å². The highest BCUT2D eigenvalue weighted by Gasteiger charge is 2.45. The van der Waals surface area contributed by atoms with Gasteiger partial charge in [-0.3, -0.25) is 4.79 Å². The average Bonchev–Trinajstić information content (AvgIpc) is 1.59. The predicted molar refractivity (Wildman–Crippen MR) is 369 cm³/mol. The zero-order valence-electron chi connectivity index (χ0n) is 52.0. The molecule has 0 aromatic heterocycles. The number of allylic oxidation sites excluding steroid dienone is 1. The van der Waals surface area contributed by atoms with Crippen LogP contribution in [0.4, 0.5) is 34.1 Å². The van der Waals surface area contributed by atoms with Crippen LogP contribution in [0.3, 0.4) is 0 Å². The van der Waals surface area contributed by atoms with Crippen molar-refractivity contribution in [3.05, 3.63) is 284 Å². The second-order valence-electron chi connectivity index (χ2n) is 22.4. The summed E-state index contributed by atoms with van der Waals surface area (Å²) in [7, 11) is 0. The number of carbonyl (C=O) groups is 3. The van der Waals surface area contributed by atoms with E-state index in [9.17, 15) is 24.6 Å². The molecule has 0 amide bonds. The minimum absolute atomic E-state index is 0. The number of carbonyl (C=O) groups excluding carboxylic acids is 3. The fourth-order valence-electron chi connectivity index (χ4n) is 11.8. The van der Waals surface area contributed by atoms with Crippen LogP contribution in [0, 0.1) is 27.7 Å². The molecular weight excluding hydrogens is 1160 g/mol. The summed E-state index contributed by atoms with van der Waals surface area (Å²) in [6, 6.07) is 64.1. The van der Waals surface area contributed by atoms with Gasteiger partial charge in [0.1, 0.15) is 0 Å². The van der Waals surface area contributed by atoms with E-state index in [1.54, 1.807) is 20.8 Å². The number of aliphatic hydroxyl groups excluding tert-OH is 2. The summed E-state index contributed by atoms with van der Waals surface area (Å²) < 4.78 is 11.3. The molecule has 0 aliphatic heterocycles. The summed E-state index contributed by atoms with van der Waals surface area (Å²) in [5, 5.41) is 24.6. The number of rotatable bonds is 20. The first-order chi connectivity index (χ1) is 43.2. The maximum absolute atomic E-state index is 12.4. The number of hydrogen-bond acceptors (Lipinski definition) is 9. The van der Waals surface area contributed by atoms with Crippen molar-refractivity contribution >= 4 is 62.9 Å². The Morgan fingerprint density at radius 3 is 1.03 bits per heavy atom. The van der Waals surface area contributed by atoms with Crippen molar-refractivity contribution in [1.82, 2.24) is 0 Å². The van der Waals surface area contributed by atoms with E-state index in [2.05, 4.69) is 247 Å². The van der Waals surface area contributed by atoms with E-state index in [0.717, 1.165) is 56.4 Å². The Bertz CT molecular complexity index is 3920. The Hall–Kier alpha value is -9.98. The average molecular weight is 1240 g/mol. The lowest BCUT2D eigenvalue weighted by Gasteiger charge is -2.33. The van der Waals surface area contributed by atoms with E-state index in [0.29, 0.717) is 42.4 Å². The van der Waals surface area contributed by atoms with Gasteiger partial charge in [0.05, 0.1) is 18.4 Å². The molecule has 0 heterocycles. The minimum atomic E-state index is -0.572. The largest absolute Gasteiger partial charge is 0.462 e. The van der Waals surface area contributed by atoms with E-state index in [1.165, 1.54) is 44.5 Å². The first kappa shape index (κ1) is 70.1. The van der Waals surface area contributed by atoms with Gasteiger partial charge in [-0.25, -0.2) is 9.59 Å². The number of ether oxygens (including phenoxy) is 2. The van der Waals surface area contributed by atoms with Gasteiger partial charge >= 0.3 is 11.9 Å². The predicted octanol–water partition coefficient (Wildman–Crippen LogP) is 19.3. The van der Waals surface area contributed by atoms with Gasteiger partial charge in [0.2, 0.25) is 5.24 Å². The first-order valence-corrected chi connectivity index (χ1v) is 29.8. The fraction of sp³-hybridized carbons (Fsp3) is 0.240. The van der Waals surface area contributed by atoms with Gasteiger partial charge in [0.25, 0.3) is 5.22 Å². The minimum Gasteiger partial charge on any atom is -0.462 e. The van der Waals surface area contributed by atoms with Crippen molar-refractivity contribution < 1.29 is 34.1 Å². The number of benzene rings is 8. The molecule has 2 N–H and O–H groups in total. The SMILES string of the molecule is C.C=C(C)C(=O)Cl.C=C(C)C(=O)OCCC1(CCOC(=O)C(=C)C)c2ccccc2-c2ccc(N(c3cccc(C)c3)c3cccc(C)c3)cc21.Cc1cccc(N(c2cccc(C)c2)c2ccc3c(c2)C(CCO)(CCO)c2ccccc2-3)c1.[N-]=[N+]=NN=[N+]=[N-]. The number of esters is 2. The molecular formula is C75H79ClN8O7. The third-order valence-corrected chi connectivity index (χ3v) is 16.1. The second kappa shape index (κ2) is 32.5. The van der Waals surface area contributed by atoms with Crippen molar-refractivity contribution in [2.75, 3.05) is 36.2 Å². The van der Waals surface area contributed by atoms with E-state index < -0.39 is 28.0 Å². The van der Waals surface area contributed by atoms with Crippen LogP contribution in [-0.2, 0) is 34.7 Å². The van der Waals surface area contributed by atoms with E-state index >= 15 is 0 Å². The lowest BCUT2D eigenvalue weighted by Crippen LogP contribution is -2.30. The molecule has 8 aromatic carbocycles. The van der Waals surface area contributed by atoms with Gasteiger partial charge in [-0.2, -0.15) is 4.91 Å². The molecule has 0 atom stereocenters. The normalized spacial score (nSPS) is 11.9. The van der Waals surface area contributed by atoms with Gasteiger partial charge in [0, 0.05) is 79.8 Å². The number of halogens is 1. The van der Waals surface area contributed by atoms with E-state index in [4.69, 9.17) is 32.1 Å². The standard InChI is InChI=1S/C39H39NO4.C31H31NO2.C4H5ClO.CH4.N6/c1-26(2)37(41)43-21-19-39(20-22-44-38(42)27(3)4)35-16-8-7-15-33(35)34-18-17-32(25-36(34)39)40(30-13-9-11-28(5)23-30)31-14-10-12-29(6)24-31;1-22-7-5-9-24(19-22)32(25-10-6-8-23(2)20-25)26-13-14-28-27-11-3-4-12-29(27)31(15-17-33,16-18-34)30(28)21-26;1-3(2)4(5)6;;1-3-5-6-4-2/h7-18,23-25H,1,3,19-22H2,2,4-6H3;3-14,19-21,33-34H,15-18H2,1-2H3;1H2,2H3;1H4;. The Kier molecular flexibility index (Phi) is 25.0. The van der Waals surface area contributed by atoms with Gasteiger partial charge in [-0.15, -0.1) is 5.53 Å². The Morgan fingerprint density at radius 2 is 0.747 bits per heavy atom. The number of anilines is 6. The smallest absolute Gasteiger partial charge is 0.333 e. The zero-order valence-corrected chi connectivity index (χ0v) is 52.7. The second-order valence-corrected chi connectivity index (χ2v) is 22.8. The maximum Gasteiger partial charge on any atom is 0.333 e. The number of fused-ring (bicyclic) bond motifs is 6. The van der Waals surface area contributed by atoms with Crippen molar-refractivity contribution in [2.45, 2.75) is 92.4 Å². The molecule has 0 unspecified atom stereocenters. The maximum atomic E-state index is 12.4. The molecule has 15 nitrogen and oxygen atoms in total. The summed E-state index contributed by atoms with van der Waals surface area (Å²) in [5.41, 5.74) is 35.3. The summed E-state index contributed by atoms with van der Waals surface area (Å²) in [5.74, 6) is -0.835. The molecule has 8 aromatic rings. The Morgan fingerprint density at radius 1 is 0.451 bits per heavy atom. The lowest BCUT2D eigenvalue weighted by atomic mass is 9.73. The van der Waals surface area contributed by atoms with Crippen molar-refractivity contribution in [3.8, 4) is 22.3 Å². The van der Waals surface area contributed by atoms with Crippen LogP contribution in [0.1, 0.15) is 98.4 Å². The number of hydrogen-bond donors (Lipinski definition) is 2. The molecule has 91 heavy (non-hydrogen) atoms. The van der Waals surface area contributed by atoms with Gasteiger partial charge in [0.15, 0.2) is 0 Å². The third-order valence-electron chi connectivity index (χ3n) is 15.8. The van der Waals surface area contributed by atoms with Crippen LogP contribution in [0.25, 0.3) is 43.1 Å². The summed E-state index contributed by atoms with van der Waals surface area (Å²) in [4.78, 5) is 43.4. The summed E-state index contributed by atoms with van der Waals surface area (Å²) in [6.07, 6.45) is 2.18.